The van der Waals surface area contributed by atoms with Crippen LogP contribution in [0.25, 0.3) is 11.3 Å². The maximum absolute atomic E-state index is 12.5. The zero-order valence-electron chi connectivity index (χ0n) is 15.3. The highest BCUT2D eigenvalue weighted by Crippen LogP contribution is 2.29. The first-order chi connectivity index (χ1) is 12.8. The molecule has 0 saturated heterocycles. The molecule has 0 aliphatic rings. The number of unbranched alkanes of at least 4 members (excludes halogenated alkanes) is 2. The van der Waals surface area contributed by atoms with E-state index in [-0.39, 0.29) is 5.91 Å². The third kappa shape index (κ3) is 5.65. The largest absolute Gasteiger partial charge is 0.480 e. The number of carbonyl (C=O) groups excluding carboxylic acids is 1. The van der Waals surface area contributed by atoms with E-state index in [9.17, 15) is 14.4 Å². The molecule has 1 heterocycles. The van der Waals surface area contributed by atoms with Crippen molar-refractivity contribution in [2.75, 3.05) is 5.32 Å². The lowest BCUT2D eigenvalue weighted by atomic mass is 10.1. The standard InChI is InChI=1S/C19H22ClN3O4/c1-3-4-5-6-17-22-16(10-18(25)23(17)11-19(26)27)14-8-7-13(20)9-15(14)21-12(2)24/h7-10H,3-6,11H2,1-2H3,(H,21,24)(H,26,27). The van der Waals surface area contributed by atoms with E-state index in [1.165, 1.54) is 17.6 Å². The van der Waals surface area contributed by atoms with Crippen LogP contribution in [0, 0.1) is 0 Å². The van der Waals surface area contributed by atoms with Crippen molar-refractivity contribution in [2.45, 2.75) is 46.1 Å². The minimum Gasteiger partial charge on any atom is -0.480 e. The first-order valence-electron chi connectivity index (χ1n) is 8.72. The Kier molecular flexibility index (Phi) is 7.12. The van der Waals surface area contributed by atoms with Crippen LogP contribution in [0.2, 0.25) is 5.02 Å². The molecular weight excluding hydrogens is 370 g/mol. The molecule has 0 spiro atoms. The topological polar surface area (TPSA) is 101 Å². The zero-order valence-corrected chi connectivity index (χ0v) is 16.0. The number of aromatic nitrogens is 2. The Morgan fingerprint density at radius 2 is 2.00 bits per heavy atom. The van der Waals surface area contributed by atoms with E-state index in [1.54, 1.807) is 18.2 Å². The average molecular weight is 392 g/mol. The second kappa shape index (κ2) is 9.32. The van der Waals surface area contributed by atoms with Crippen molar-refractivity contribution in [1.29, 1.82) is 0 Å². The predicted molar refractivity (Wildman–Crippen MR) is 104 cm³/mol. The van der Waals surface area contributed by atoms with Gasteiger partial charge in [0.1, 0.15) is 12.4 Å². The Bertz CT molecular complexity index is 908. The molecule has 1 aromatic carbocycles. The summed E-state index contributed by atoms with van der Waals surface area (Å²) in [5.41, 5.74) is 0.912. The lowest BCUT2D eigenvalue weighted by Crippen LogP contribution is -2.28. The van der Waals surface area contributed by atoms with Crippen LogP contribution in [-0.4, -0.2) is 26.5 Å². The second-order valence-electron chi connectivity index (χ2n) is 6.20. The summed E-state index contributed by atoms with van der Waals surface area (Å²) in [6.07, 6.45) is 3.23. The van der Waals surface area contributed by atoms with Crippen LogP contribution in [0.15, 0.2) is 29.1 Å². The van der Waals surface area contributed by atoms with E-state index in [0.29, 0.717) is 34.2 Å². The fourth-order valence-electron chi connectivity index (χ4n) is 2.75. The summed E-state index contributed by atoms with van der Waals surface area (Å²) in [6.45, 7) is 2.99. The molecule has 1 amide bonds. The van der Waals surface area contributed by atoms with Crippen LogP contribution in [0.3, 0.4) is 0 Å². The fourth-order valence-corrected chi connectivity index (χ4v) is 2.93. The van der Waals surface area contributed by atoms with Gasteiger partial charge in [0.2, 0.25) is 5.91 Å². The number of amides is 1. The maximum atomic E-state index is 12.5. The Labute approximate surface area is 162 Å². The van der Waals surface area contributed by atoms with Crippen LogP contribution in [0.4, 0.5) is 5.69 Å². The number of benzene rings is 1. The Balaban J connectivity index is 2.56. The molecule has 2 rings (SSSR count). The van der Waals surface area contributed by atoms with Crippen LogP contribution >= 0.6 is 11.6 Å². The van der Waals surface area contributed by atoms with Crippen LogP contribution in [0.5, 0.6) is 0 Å². The monoisotopic (exact) mass is 391 g/mol. The summed E-state index contributed by atoms with van der Waals surface area (Å²) in [5.74, 6) is -0.966. The molecule has 7 nitrogen and oxygen atoms in total. The van der Waals surface area contributed by atoms with Gasteiger partial charge in [-0.3, -0.25) is 19.0 Å². The summed E-state index contributed by atoms with van der Waals surface area (Å²) >= 11 is 6.01. The van der Waals surface area contributed by atoms with E-state index in [4.69, 9.17) is 16.7 Å². The molecule has 0 radical (unpaired) electrons. The van der Waals surface area contributed by atoms with Gasteiger partial charge in [0.05, 0.1) is 11.4 Å². The molecule has 2 N–H and O–H groups in total. The van der Waals surface area contributed by atoms with Gasteiger partial charge < -0.3 is 10.4 Å². The highest BCUT2D eigenvalue weighted by atomic mass is 35.5. The van der Waals surface area contributed by atoms with Crippen molar-refractivity contribution in [3.63, 3.8) is 0 Å². The predicted octanol–water partition coefficient (Wildman–Crippen LogP) is 3.34. The molecule has 2 aromatic rings. The number of aryl methyl sites for hydroxylation is 1. The normalized spacial score (nSPS) is 10.6. The van der Waals surface area contributed by atoms with Gasteiger partial charge >= 0.3 is 5.97 Å². The molecule has 0 aliphatic carbocycles. The Morgan fingerprint density at radius 1 is 1.26 bits per heavy atom. The summed E-state index contributed by atoms with van der Waals surface area (Å²) in [5, 5.41) is 12.2. The molecule has 27 heavy (non-hydrogen) atoms. The SMILES string of the molecule is CCCCCc1nc(-c2ccc(Cl)cc2NC(C)=O)cc(=O)n1CC(=O)O. The van der Waals surface area contributed by atoms with Crippen molar-refractivity contribution in [3.8, 4) is 11.3 Å². The summed E-state index contributed by atoms with van der Waals surface area (Å²) in [7, 11) is 0. The third-order valence-electron chi connectivity index (χ3n) is 3.95. The number of rotatable bonds is 8. The van der Waals surface area contributed by atoms with Gasteiger partial charge in [-0.25, -0.2) is 4.98 Å². The first-order valence-corrected chi connectivity index (χ1v) is 9.09. The van der Waals surface area contributed by atoms with E-state index in [1.807, 2.05) is 0 Å². The van der Waals surface area contributed by atoms with Crippen molar-refractivity contribution in [2.24, 2.45) is 0 Å². The number of nitrogens with zero attached hydrogens (tertiary/aromatic N) is 2. The van der Waals surface area contributed by atoms with Crippen molar-refractivity contribution in [1.82, 2.24) is 9.55 Å². The first kappa shape index (κ1) is 20.6. The number of carboxylic acids is 1. The highest BCUT2D eigenvalue weighted by molar-refractivity contribution is 6.31. The summed E-state index contributed by atoms with van der Waals surface area (Å²) < 4.78 is 1.18. The molecule has 0 bridgehead atoms. The van der Waals surface area contributed by atoms with Crippen LogP contribution in [0.1, 0.15) is 38.9 Å². The van der Waals surface area contributed by atoms with E-state index in [0.717, 1.165) is 19.3 Å². The number of hydrogen-bond donors (Lipinski definition) is 2. The summed E-state index contributed by atoms with van der Waals surface area (Å²) in [4.78, 5) is 39.7. The number of carboxylic acid groups (broad SMARTS) is 1. The quantitative estimate of drug-likeness (QED) is 0.672. The van der Waals surface area contributed by atoms with Crippen LogP contribution in [-0.2, 0) is 22.6 Å². The van der Waals surface area contributed by atoms with E-state index < -0.39 is 18.1 Å². The minimum absolute atomic E-state index is 0.277. The lowest BCUT2D eigenvalue weighted by Gasteiger charge is -2.14. The molecule has 0 aliphatic heterocycles. The van der Waals surface area contributed by atoms with Gasteiger partial charge in [-0.15, -0.1) is 0 Å². The molecule has 0 atom stereocenters. The lowest BCUT2D eigenvalue weighted by molar-refractivity contribution is -0.137. The number of nitrogens with one attached hydrogen (secondary N) is 1. The number of halogens is 1. The van der Waals surface area contributed by atoms with Gasteiger partial charge in [-0.1, -0.05) is 31.4 Å². The summed E-state index contributed by atoms with van der Waals surface area (Å²) in [6, 6.07) is 6.18. The van der Waals surface area contributed by atoms with Gasteiger partial charge in [-0.05, 0) is 24.6 Å². The molecule has 8 heteroatoms. The van der Waals surface area contributed by atoms with Crippen molar-refractivity contribution in [3.05, 3.63) is 45.5 Å². The average Bonchev–Trinajstić information content (AvgIpc) is 2.57. The molecular formula is C19H22ClN3O4. The van der Waals surface area contributed by atoms with Gasteiger partial charge in [0.15, 0.2) is 0 Å². The molecule has 0 fully saturated rings. The van der Waals surface area contributed by atoms with Crippen LogP contribution < -0.4 is 10.9 Å². The van der Waals surface area contributed by atoms with Crippen molar-refractivity contribution < 1.29 is 14.7 Å². The van der Waals surface area contributed by atoms with Crippen molar-refractivity contribution >= 4 is 29.2 Å². The maximum Gasteiger partial charge on any atom is 0.323 e. The van der Waals surface area contributed by atoms with E-state index >= 15 is 0 Å². The van der Waals surface area contributed by atoms with E-state index in [2.05, 4.69) is 17.2 Å². The number of carbonyl (C=O) groups is 2. The highest BCUT2D eigenvalue weighted by Gasteiger charge is 2.15. The van der Waals surface area contributed by atoms with Gasteiger partial charge in [0, 0.05) is 30.0 Å². The molecule has 1 aromatic heterocycles. The number of hydrogen-bond acceptors (Lipinski definition) is 4. The number of anilines is 1. The zero-order chi connectivity index (χ0) is 20.0. The third-order valence-corrected chi connectivity index (χ3v) is 4.19. The molecule has 0 unspecified atom stereocenters. The molecule has 0 saturated carbocycles. The number of aliphatic carboxylic acids is 1. The van der Waals surface area contributed by atoms with Gasteiger partial charge in [0.25, 0.3) is 5.56 Å². The Morgan fingerprint density at radius 3 is 2.63 bits per heavy atom. The van der Waals surface area contributed by atoms with Gasteiger partial charge in [-0.2, -0.15) is 0 Å². The second-order valence-corrected chi connectivity index (χ2v) is 6.64. The Hall–Kier alpha value is -2.67. The minimum atomic E-state index is -1.10. The molecule has 144 valence electrons. The smallest absolute Gasteiger partial charge is 0.323 e. The fraction of sp³-hybridized carbons (Fsp3) is 0.368.